The fourth-order valence-electron chi connectivity index (χ4n) is 6.54. The average Bonchev–Trinajstić information content (AvgIpc) is 3.39. The minimum absolute atomic E-state index is 0.0880. The summed E-state index contributed by atoms with van der Waals surface area (Å²) in [6.45, 7) is 9.13. The summed E-state index contributed by atoms with van der Waals surface area (Å²) in [5.41, 5.74) is 4.72. The number of rotatable bonds is 18. The van der Waals surface area contributed by atoms with Gasteiger partial charge in [0, 0.05) is 17.7 Å². The molecular weight excluding hydrogens is 877 g/mol. The van der Waals surface area contributed by atoms with E-state index >= 15 is 0 Å². The van der Waals surface area contributed by atoms with Crippen LogP contribution >= 0.6 is 0 Å². The van der Waals surface area contributed by atoms with E-state index in [4.69, 9.17) is 33.7 Å². The highest BCUT2D eigenvalue weighted by molar-refractivity contribution is 5.96. The lowest BCUT2D eigenvalue weighted by Gasteiger charge is -2.17. The third kappa shape index (κ3) is 14.6. The zero-order chi connectivity index (χ0) is 49.0. The van der Waals surface area contributed by atoms with Gasteiger partial charge in [-0.2, -0.15) is 5.26 Å². The van der Waals surface area contributed by atoms with Crippen LogP contribution in [0.5, 0.6) is 23.0 Å². The number of hydrogen-bond donors (Lipinski definition) is 1. The van der Waals surface area contributed by atoms with E-state index in [9.17, 15) is 24.0 Å². The van der Waals surface area contributed by atoms with Crippen LogP contribution in [0.4, 0.5) is 0 Å². The van der Waals surface area contributed by atoms with Crippen molar-refractivity contribution in [1.29, 1.82) is 5.26 Å². The summed E-state index contributed by atoms with van der Waals surface area (Å²) in [6, 6.07) is 49.6. The number of carbonyl (C=O) groups is 5. The third-order valence-corrected chi connectivity index (χ3v) is 10.1. The average molecular weight is 923 g/mol. The molecule has 7 rings (SSSR count). The maximum absolute atomic E-state index is 12.8. The Morgan fingerprint density at radius 2 is 0.971 bits per heavy atom. The Bertz CT molecular complexity index is 2940. The van der Waals surface area contributed by atoms with Gasteiger partial charge in [-0.05, 0) is 131 Å². The molecule has 69 heavy (non-hydrogen) atoms. The van der Waals surface area contributed by atoms with Crippen LogP contribution in [-0.2, 0) is 19.1 Å². The molecule has 1 atom stereocenters. The van der Waals surface area contributed by atoms with Crippen molar-refractivity contribution < 1.29 is 52.4 Å². The largest absolute Gasteiger partial charge is 0.490 e. The van der Waals surface area contributed by atoms with E-state index in [0.717, 1.165) is 39.6 Å². The smallest absolute Gasteiger partial charge is 0.343 e. The van der Waals surface area contributed by atoms with Gasteiger partial charge < -0.3 is 33.7 Å². The molecule has 0 heterocycles. The van der Waals surface area contributed by atoms with Gasteiger partial charge in [0.2, 0.25) is 0 Å². The summed E-state index contributed by atoms with van der Waals surface area (Å²) in [5, 5.41) is 14.1. The van der Waals surface area contributed by atoms with Gasteiger partial charge in [-0.3, -0.25) is 4.79 Å². The van der Waals surface area contributed by atoms with Crippen LogP contribution in [0.2, 0.25) is 0 Å². The molecule has 1 N–H and O–H groups in total. The molecule has 1 amide bonds. The SMILES string of the molecule is C=CC(=O)OCCOc1ccc(C(=O)Oc2ccc(-c3ccc(C#N)cc3)cc2)cc1.C=CC(=O)OCCOc1ccc(C(=O)Oc2ccc(C(=O)N[C@@H](C)c3cccc4ccccc34)cc2)cc1. The first kappa shape index (κ1) is 49.2. The lowest BCUT2D eigenvalue weighted by Crippen LogP contribution is -2.26. The minimum Gasteiger partial charge on any atom is -0.490 e. The minimum atomic E-state index is -0.543. The second-order valence-electron chi connectivity index (χ2n) is 14.8. The quantitative estimate of drug-likeness (QED) is 0.0374. The highest BCUT2D eigenvalue weighted by atomic mass is 16.6. The number of ether oxygens (including phenoxy) is 6. The zero-order valence-electron chi connectivity index (χ0n) is 37.5. The van der Waals surface area contributed by atoms with Crippen LogP contribution in [0, 0.1) is 11.3 Å². The molecule has 0 aliphatic carbocycles. The molecular formula is C56H46N2O11. The molecule has 0 bridgehead atoms. The standard InChI is InChI=1S/C31H27NO6.C25H19NO5/c1-3-29(33)37-20-19-36-25-15-13-24(14-16-25)31(35)38-26-17-11-23(12-18-26)30(34)32-21(2)27-10-6-8-22-7-4-5-9-28(22)27;1-2-24(27)30-16-15-29-22-11-9-21(10-12-22)25(28)31-23-13-7-20(8-14-23)19-5-3-18(17-26)4-6-19/h3-18,21H,1,19-20H2,2H3,(H,32,34);2-14H,1,15-16H2/t21-;/m0./s1. The molecule has 13 nitrogen and oxygen atoms in total. The van der Waals surface area contributed by atoms with Crippen LogP contribution in [0.15, 0.2) is 189 Å². The van der Waals surface area contributed by atoms with Crippen LogP contribution in [0.3, 0.4) is 0 Å². The van der Waals surface area contributed by atoms with Crippen LogP contribution in [0.25, 0.3) is 21.9 Å². The summed E-state index contributed by atoms with van der Waals surface area (Å²) in [5.74, 6) is -0.483. The van der Waals surface area contributed by atoms with Gasteiger partial charge in [-0.1, -0.05) is 79.9 Å². The number of esters is 4. The van der Waals surface area contributed by atoms with Crippen molar-refractivity contribution >= 4 is 40.6 Å². The Balaban J connectivity index is 0.000000232. The topological polar surface area (TPSA) is 177 Å². The summed E-state index contributed by atoms with van der Waals surface area (Å²) in [4.78, 5) is 59.7. The molecule has 0 aliphatic heterocycles. The molecule has 0 spiro atoms. The Morgan fingerprint density at radius 3 is 1.46 bits per heavy atom. The van der Waals surface area contributed by atoms with Crippen molar-refractivity contribution in [1.82, 2.24) is 5.32 Å². The molecule has 346 valence electrons. The van der Waals surface area contributed by atoms with Crippen molar-refractivity contribution in [3.05, 3.63) is 217 Å². The van der Waals surface area contributed by atoms with Crippen molar-refractivity contribution in [2.45, 2.75) is 13.0 Å². The number of fused-ring (bicyclic) bond motifs is 1. The summed E-state index contributed by atoms with van der Waals surface area (Å²) >= 11 is 0. The van der Waals surface area contributed by atoms with Gasteiger partial charge in [0.25, 0.3) is 5.91 Å². The van der Waals surface area contributed by atoms with Crippen LogP contribution < -0.4 is 24.3 Å². The number of hydrogen-bond acceptors (Lipinski definition) is 12. The summed E-state index contributed by atoms with van der Waals surface area (Å²) < 4.78 is 31.4. The van der Waals surface area contributed by atoms with Crippen molar-refractivity contribution in [2.75, 3.05) is 26.4 Å². The second kappa shape index (κ2) is 24.9. The van der Waals surface area contributed by atoms with E-state index in [-0.39, 0.29) is 38.4 Å². The van der Waals surface area contributed by atoms with Crippen LogP contribution in [0.1, 0.15) is 55.2 Å². The Morgan fingerprint density at radius 1 is 0.536 bits per heavy atom. The number of carbonyl (C=O) groups excluding carboxylic acids is 5. The summed E-state index contributed by atoms with van der Waals surface area (Å²) in [7, 11) is 0. The maximum atomic E-state index is 12.8. The van der Waals surface area contributed by atoms with Gasteiger partial charge >= 0.3 is 23.9 Å². The fourth-order valence-corrected chi connectivity index (χ4v) is 6.54. The molecule has 13 heteroatoms. The highest BCUT2D eigenvalue weighted by Crippen LogP contribution is 2.26. The molecule has 0 radical (unpaired) electrons. The van der Waals surface area contributed by atoms with E-state index in [1.165, 1.54) is 0 Å². The predicted molar refractivity (Wildman–Crippen MR) is 259 cm³/mol. The predicted octanol–water partition coefficient (Wildman–Crippen LogP) is 10.2. The van der Waals surface area contributed by atoms with Crippen molar-refractivity contribution in [3.63, 3.8) is 0 Å². The first-order valence-corrected chi connectivity index (χ1v) is 21.5. The Kier molecular flexibility index (Phi) is 17.7. The molecule has 7 aromatic rings. The maximum Gasteiger partial charge on any atom is 0.343 e. The third-order valence-electron chi connectivity index (χ3n) is 10.1. The van der Waals surface area contributed by atoms with Gasteiger partial charge in [-0.25, -0.2) is 19.2 Å². The van der Waals surface area contributed by atoms with Gasteiger partial charge in [0.05, 0.1) is 28.8 Å². The van der Waals surface area contributed by atoms with Crippen LogP contribution in [-0.4, -0.2) is 56.2 Å². The lowest BCUT2D eigenvalue weighted by atomic mass is 9.99. The van der Waals surface area contributed by atoms with E-state index in [2.05, 4.69) is 24.5 Å². The van der Waals surface area contributed by atoms with Gasteiger partial charge in [0.1, 0.15) is 49.4 Å². The molecule has 7 aromatic carbocycles. The molecule has 0 unspecified atom stereocenters. The number of benzene rings is 7. The second-order valence-corrected chi connectivity index (χ2v) is 14.8. The highest BCUT2D eigenvalue weighted by Gasteiger charge is 2.16. The van der Waals surface area contributed by atoms with Gasteiger partial charge in [0.15, 0.2) is 0 Å². The van der Waals surface area contributed by atoms with Gasteiger partial charge in [-0.15, -0.1) is 0 Å². The first-order valence-electron chi connectivity index (χ1n) is 21.5. The molecule has 0 saturated carbocycles. The molecule has 0 aliphatic rings. The van der Waals surface area contributed by atoms with Crippen molar-refractivity contribution in [2.24, 2.45) is 0 Å². The fraction of sp³-hybridized carbons (Fsp3) is 0.107. The summed E-state index contributed by atoms with van der Waals surface area (Å²) in [6.07, 6.45) is 2.16. The lowest BCUT2D eigenvalue weighted by molar-refractivity contribution is -0.139. The number of amides is 1. The molecule has 0 saturated heterocycles. The number of nitriles is 1. The normalized spacial score (nSPS) is 10.7. The first-order chi connectivity index (χ1) is 33.5. The monoisotopic (exact) mass is 922 g/mol. The molecule has 0 aromatic heterocycles. The van der Waals surface area contributed by atoms with E-state index in [0.29, 0.717) is 45.3 Å². The van der Waals surface area contributed by atoms with E-state index in [1.54, 1.807) is 97.1 Å². The Hall–Kier alpha value is -9.28. The van der Waals surface area contributed by atoms with E-state index in [1.807, 2.05) is 73.7 Å². The zero-order valence-corrected chi connectivity index (χ0v) is 37.5. The molecule has 0 fully saturated rings. The number of nitrogens with zero attached hydrogens (tertiary/aromatic N) is 1. The van der Waals surface area contributed by atoms with E-state index < -0.39 is 23.9 Å². The number of nitrogens with one attached hydrogen (secondary N) is 1. The Labute approximate surface area is 398 Å². The van der Waals surface area contributed by atoms with Crippen molar-refractivity contribution in [3.8, 4) is 40.2 Å².